The van der Waals surface area contributed by atoms with Gasteiger partial charge in [-0.3, -0.25) is 0 Å². The lowest BCUT2D eigenvalue weighted by molar-refractivity contribution is 0.760. The van der Waals surface area contributed by atoms with Crippen LogP contribution in [-0.2, 0) is 6.54 Å². The number of hydrogen-bond donors (Lipinski definition) is 1. The zero-order valence-electron chi connectivity index (χ0n) is 10.8. The molecule has 0 radical (unpaired) electrons. The van der Waals surface area contributed by atoms with Crippen LogP contribution in [0.15, 0.2) is 72.8 Å². The summed E-state index contributed by atoms with van der Waals surface area (Å²) < 4.78 is 0. The molecule has 1 nitrogen and oxygen atoms in total. The molecule has 0 saturated heterocycles. The van der Waals surface area contributed by atoms with E-state index in [0.29, 0.717) is 0 Å². The minimum absolute atomic E-state index is 0.832. The molecule has 0 atom stereocenters. The second kappa shape index (κ2) is 7.92. The Morgan fingerprint density at radius 1 is 0.895 bits per heavy atom. The largest absolute Gasteiger partial charge is 0.309 e. The molecule has 94 valence electrons. The van der Waals surface area contributed by atoms with Crippen molar-refractivity contribution in [3.63, 3.8) is 0 Å². The summed E-state index contributed by atoms with van der Waals surface area (Å²) in [5.41, 5.74) is 2.34. The van der Waals surface area contributed by atoms with Gasteiger partial charge >= 0.3 is 0 Å². The van der Waals surface area contributed by atoms with Gasteiger partial charge in [-0.1, -0.05) is 66.4 Å². The van der Waals surface area contributed by atoms with Crippen LogP contribution in [-0.4, -0.2) is 6.54 Å². The maximum Gasteiger partial charge on any atom is 0.0248 e. The van der Waals surface area contributed by atoms with Crippen LogP contribution in [0.5, 0.6) is 0 Å². The molecule has 2 aromatic carbocycles. The van der Waals surface area contributed by atoms with Crippen molar-refractivity contribution in [2.75, 3.05) is 6.54 Å². The molecule has 0 aliphatic rings. The van der Waals surface area contributed by atoms with Gasteiger partial charge in [0.15, 0.2) is 0 Å². The summed E-state index contributed by atoms with van der Waals surface area (Å²) in [4.78, 5) is 0. The number of hydrogen-bond acceptors (Lipinski definition) is 1. The smallest absolute Gasteiger partial charge is 0.0248 e. The fourth-order valence-corrected chi connectivity index (χ4v) is 1.66. The van der Waals surface area contributed by atoms with E-state index in [2.05, 4.69) is 41.4 Å². The molecule has 0 aliphatic carbocycles. The third-order valence-electron chi connectivity index (χ3n) is 2.63. The first kappa shape index (κ1) is 13.1. The zero-order valence-corrected chi connectivity index (χ0v) is 10.8. The first-order valence-electron chi connectivity index (χ1n) is 6.41. The SMILES string of the molecule is C(#Cc1ccccc1)/C=C/CNCc1ccccc1. The average molecular weight is 247 g/mol. The molecular formula is C18H17N. The van der Waals surface area contributed by atoms with Crippen LogP contribution in [0.2, 0.25) is 0 Å². The molecule has 2 aromatic rings. The Hall–Kier alpha value is -2.30. The summed E-state index contributed by atoms with van der Waals surface area (Å²) in [5, 5.41) is 3.35. The van der Waals surface area contributed by atoms with Crippen LogP contribution < -0.4 is 5.32 Å². The molecule has 1 heteroatoms. The fourth-order valence-electron chi connectivity index (χ4n) is 1.66. The van der Waals surface area contributed by atoms with Gasteiger partial charge in [-0.15, -0.1) is 0 Å². The van der Waals surface area contributed by atoms with E-state index in [9.17, 15) is 0 Å². The van der Waals surface area contributed by atoms with E-state index in [4.69, 9.17) is 0 Å². The second-order valence-corrected chi connectivity index (χ2v) is 4.15. The predicted molar refractivity (Wildman–Crippen MR) is 80.6 cm³/mol. The second-order valence-electron chi connectivity index (χ2n) is 4.15. The van der Waals surface area contributed by atoms with Gasteiger partial charge in [0.1, 0.15) is 0 Å². The van der Waals surface area contributed by atoms with Crippen molar-refractivity contribution >= 4 is 0 Å². The van der Waals surface area contributed by atoms with E-state index in [1.54, 1.807) is 0 Å². The summed E-state index contributed by atoms with van der Waals surface area (Å²) in [6.45, 7) is 1.72. The monoisotopic (exact) mass is 247 g/mol. The first-order chi connectivity index (χ1) is 9.45. The summed E-state index contributed by atoms with van der Waals surface area (Å²) in [6, 6.07) is 20.4. The van der Waals surface area contributed by atoms with Crippen molar-refractivity contribution in [3.05, 3.63) is 83.9 Å². The van der Waals surface area contributed by atoms with Crippen LogP contribution in [0.4, 0.5) is 0 Å². The summed E-state index contributed by atoms with van der Waals surface area (Å²) >= 11 is 0. The Kier molecular flexibility index (Phi) is 5.48. The van der Waals surface area contributed by atoms with Crippen LogP contribution >= 0.6 is 0 Å². The third kappa shape index (κ3) is 5.25. The average Bonchev–Trinajstić information content (AvgIpc) is 2.48. The predicted octanol–water partition coefficient (Wildman–Crippen LogP) is 3.38. The topological polar surface area (TPSA) is 12.0 Å². The molecule has 1 N–H and O–H groups in total. The molecule has 0 fully saturated rings. The van der Waals surface area contributed by atoms with Gasteiger partial charge in [0, 0.05) is 18.7 Å². The van der Waals surface area contributed by atoms with E-state index in [-0.39, 0.29) is 0 Å². The van der Waals surface area contributed by atoms with Crippen molar-refractivity contribution in [1.82, 2.24) is 5.32 Å². The maximum atomic E-state index is 3.35. The highest BCUT2D eigenvalue weighted by molar-refractivity contribution is 5.36. The normalized spacial score (nSPS) is 10.1. The van der Waals surface area contributed by atoms with Crippen LogP contribution in [0.3, 0.4) is 0 Å². The molecule has 0 amide bonds. The van der Waals surface area contributed by atoms with Gasteiger partial charge in [0.05, 0.1) is 0 Å². The van der Waals surface area contributed by atoms with Crippen molar-refractivity contribution in [2.45, 2.75) is 6.54 Å². The lowest BCUT2D eigenvalue weighted by Crippen LogP contribution is -2.12. The molecule has 2 rings (SSSR count). The van der Waals surface area contributed by atoms with Gasteiger partial charge in [0.2, 0.25) is 0 Å². The van der Waals surface area contributed by atoms with E-state index >= 15 is 0 Å². The van der Waals surface area contributed by atoms with Crippen molar-refractivity contribution in [2.24, 2.45) is 0 Å². The third-order valence-corrected chi connectivity index (χ3v) is 2.63. The van der Waals surface area contributed by atoms with Crippen molar-refractivity contribution in [3.8, 4) is 11.8 Å². The van der Waals surface area contributed by atoms with Gasteiger partial charge in [-0.25, -0.2) is 0 Å². The number of nitrogens with one attached hydrogen (secondary N) is 1. The molecule has 0 aliphatic heterocycles. The molecule has 0 unspecified atom stereocenters. The first-order valence-corrected chi connectivity index (χ1v) is 6.41. The van der Waals surface area contributed by atoms with E-state index in [0.717, 1.165) is 18.7 Å². The standard InChI is InChI=1S/C18H17N/c1-4-10-17(11-5-1)12-8-3-9-15-19-16-18-13-6-2-7-14-18/h1-7,9-11,13-14,19H,15-16H2/b9-3+. The molecule has 0 aromatic heterocycles. The quantitative estimate of drug-likeness (QED) is 0.645. The summed E-state index contributed by atoms with van der Waals surface area (Å²) in [6.07, 6.45) is 3.93. The number of benzene rings is 2. The van der Waals surface area contributed by atoms with E-state index in [1.165, 1.54) is 5.56 Å². The molecule has 0 spiro atoms. The Morgan fingerprint density at radius 3 is 2.32 bits per heavy atom. The van der Waals surface area contributed by atoms with Gasteiger partial charge in [-0.05, 0) is 23.8 Å². The summed E-state index contributed by atoms with van der Waals surface area (Å²) in [7, 11) is 0. The van der Waals surface area contributed by atoms with Crippen molar-refractivity contribution < 1.29 is 0 Å². The minimum atomic E-state index is 0.832. The summed E-state index contributed by atoms with van der Waals surface area (Å²) in [5.74, 6) is 6.12. The zero-order chi connectivity index (χ0) is 13.2. The van der Waals surface area contributed by atoms with Crippen LogP contribution in [0.1, 0.15) is 11.1 Å². The van der Waals surface area contributed by atoms with Crippen LogP contribution in [0.25, 0.3) is 0 Å². The highest BCUT2D eigenvalue weighted by Gasteiger charge is 1.87. The lowest BCUT2D eigenvalue weighted by atomic mass is 10.2. The highest BCUT2D eigenvalue weighted by Crippen LogP contribution is 1.96. The Balaban J connectivity index is 1.69. The Bertz CT molecular complexity index is 559. The molecular weight excluding hydrogens is 230 g/mol. The van der Waals surface area contributed by atoms with Gasteiger partial charge in [0.25, 0.3) is 0 Å². The number of allylic oxidation sites excluding steroid dienone is 1. The maximum absolute atomic E-state index is 3.35. The Labute approximate surface area is 115 Å². The highest BCUT2D eigenvalue weighted by atomic mass is 14.8. The minimum Gasteiger partial charge on any atom is -0.309 e. The van der Waals surface area contributed by atoms with Gasteiger partial charge in [-0.2, -0.15) is 0 Å². The molecule has 0 saturated carbocycles. The number of rotatable bonds is 4. The Morgan fingerprint density at radius 2 is 1.58 bits per heavy atom. The molecule has 0 heterocycles. The van der Waals surface area contributed by atoms with Gasteiger partial charge < -0.3 is 5.32 Å². The lowest BCUT2D eigenvalue weighted by Gasteiger charge is -2.00. The molecule has 19 heavy (non-hydrogen) atoms. The van der Waals surface area contributed by atoms with Crippen molar-refractivity contribution in [1.29, 1.82) is 0 Å². The van der Waals surface area contributed by atoms with E-state index < -0.39 is 0 Å². The van der Waals surface area contributed by atoms with Crippen LogP contribution in [0, 0.1) is 11.8 Å². The van der Waals surface area contributed by atoms with E-state index in [1.807, 2.05) is 48.6 Å². The fraction of sp³-hybridized carbons (Fsp3) is 0.111. The molecule has 0 bridgehead atoms.